The van der Waals surface area contributed by atoms with Gasteiger partial charge in [0.2, 0.25) is 0 Å². The van der Waals surface area contributed by atoms with Gasteiger partial charge in [-0.05, 0) is 6.07 Å². The van der Waals surface area contributed by atoms with Crippen LogP contribution in [0, 0.1) is 0 Å². The number of nitrogens with zero attached hydrogens (tertiary/aromatic N) is 1. The van der Waals surface area contributed by atoms with Gasteiger partial charge in [-0.25, -0.2) is 0 Å². The zero-order valence-corrected chi connectivity index (χ0v) is 7.84. The van der Waals surface area contributed by atoms with Crippen molar-refractivity contribution in [2.24, 2.45) is 12.8 Å². The topological polar surface area (TPSA) is 65.1 Å². The van der Waals surface area contributed by atoms with E-state index in [-0.39, 0.29) is 11.7 Å². The Bertz CT molecular complexity index is 357. The third-order valence-electron chi connectivity index (χ3n) is 1.70. The number of carbonyl (C=O) groups is 2. The quantitative estimate of drug-likeness (QED) is 0.572. The highest BCUT2D eigenvalue weighted by molar-refractivity contribution is 6.30. The van der Waals surface area contributed by atoms with Crippen molar-refractivity contribution in [3.8, 4) is 0 Å². The molecular weight excluding hydrogens is 192 g/mol. The van der Waals surface area contributed by atoms with E-state index in [2.05, 4.69) is 0 Å². The minimum Gasteiger partial charge on any atom is -0.364 e. The lowest BCUT2D eigenvalue weighted by atomic mass is 10.2. The molecule has 0 saturated carbocycles. The predicted octanol–water partition coefficient (Wildman–Crippen LogP) is 0.546. The number of alkyl halides is 1. The summed E-state index contributed by atoms with van der Waals surface area (Å²) in [5.74, 6) is -0.872. The van der Waals surface area contributed by atoms with Crippen LogP contribution in [0.4, 0.5) is 0 Å². The van der Waals surface area contributed by atoms with E-state index in [1.807, 2.05) is 0 Å². The maximum absolute atomic E-state index is 11.1. The van der Waals surface area contributed by atoms with Crippen LogP contribution in [-0.4, -0.2) is 22.1 Å². The number of aromatic nitrogens is 1. The van der Waals surface area contributed by atoms with E-state index in [0.717, 1.165) is 0 Å². The average molecular weight is 201 g/mol. The maximum Gasteiger partial charge on any atom is 0.265 e. The van der Waals surface area contributed by atoms with Crippen molar-refractivity contribution >= 4 is 23.3 Å². The van der Waals surface area contributed by atoms with E-state index in [0.29, 0.717) is 11.3 Å². The van der Waals surface area contributed by atoms with E-state index in [1.54, 1.807) is 7.05 Å². The molecule has 0 unspecified atom stereocenters. The van der Waals surface area contributed by atoms with Gasteiger partial charge in [-0.1, -0.05) is 0 Å². The first-order valence-electron chi connectivity index (χ1n) is 3.61. The largest absolute Gasteiger partial charge is 0.364 e. The van der Waals surface area contributed by atoms with Gasteiger partial charge in [0.15, 0.2) is 5.78 Å². The van der Waals surface area contributed by atoms with Gasteiger partial charge in [-0.3, -0.25) is 9.59 Å². The van der Waals surface area contributed by atoms with Crippen molar-refractivity contribution in [2.45, 2.75) is 0 Å². The molecule has 0 aliphatic heterocycles. The number of ketones is 1. The van der Waals surface area contributed by atoms with E-state index < -0.39 is 5.91 Å². The fraction of sp³-hybridized carbons (Fsp3) is 0.250. The Balaban J connectivity index is 3.09. The van der Waals surface area contributed by atoms with Crippen molar-refractivity contribution in [2.75, 3.05) is 5.88 Å². The first-order valence-corrected chi connectivity index (χ1v) is 4.15. The normalized spacial score (nSPS) is 10.0. The number of nitrogens with two attached hydrogens (primary N) is 1. The summed E-state index contributed by atoms with van der Waals surface area (Å²) in [4.78, 5) is 21.9. The highest BCUT2D eigenvalue weighted by Gasteiger charge is 2.12. The molecule has 1 amide bonds. The van der Waals surface area contributed by atoms with Crippen molar-refractivity contribution < 1.29 is 9.59 Å². The van der Waals surface area contributed by atoms with Gasteiger partial charge in [0.25, 0.3) is 5.91 Å². The molecule has 0 aromatic carbocycles. The van der Waals surface area contributed by atoms with Gasteiger partial charge >= 0.3 is 0 Å². The third-order valence-corrected chi connectivity index (χ3v) is 1.94. The Morgan fingerprint density at radius 2 is 2.23 bits per heavy atom. The molecule has 0 aliphatic carbocycles. The summed E-state index contributed by atoms with van der Waals surface area (Å²) < 4.78 is 1.50. The minimum absolute atomic E-state index is 0.0950. The molecule has 1 aromatic rings. The summed E-state index contributed by atoms with van der Waals surface area (Å²) in [5, 5.41) is 0. The van der Waals surface area contributed by atoms with Crippen LogP contribution in [-0.2, 0) is 7.05 Å². The first kappa shape index (κ1) is 9.80. The van der Waals surface area contributed by atoms with E-state index in [1.165, 1.54) is 16.8 Å². The standard InChI is InChI=1S/C8H9ClN2O2/c1-11-4-5(7(12)3-9)2-6(11)8(10)13/h2,4H,3H2,1H3,(H2,10,13). The number of aryl methyl sites for hydroxylation is 1. The average Bonchev–Trinajstić information content (AvgIpc) is 2.46. The van der Waals surface area contributed by atoms with E-state index in [9.17, 15) is 9.59 Å². The highest BCUT2D eigenvalue weighted by Crippen LogP contribution is 2.08. The van der Waals surface area contributed by atoms with Gasteiger partial charge in [0.05, 0.1) is 5.88 Å². The lowest BCUT2D eigenvalue weighted by molar-refractivity contribution is 0.0991. The Kier molecular flexibility index (Phi) is 2.72. The van der Waals surface area contributed by atoms with Crippen LogP contribution < -0.4 is 5.73 Å². The van der Waals surface area contributed by atoms with Crippen LogP contribution in [0.25, 0.3) is 0 Å². The number of Topliss-reactive ketones (excluding diaryl/α,β-unsaturated/α-hetero) is 1. The van der Waals surface area contributed by atoms with Crippen LogP contribution >= 0.6 is 11.6 Å². The highest BCUT2D eigenvalue weighted by atomic mass is 35.5. The van der Waals surface area contributed by atoms with Crippen LogP contribution in [0.15, 0.2) is 12.3 Å². The zero-order chi connectivity index (χ0) is 10.0. The van der Waals surface area contributed by atoms with Crippen molar-refractivity contribution in [3.05, 3.63) is 23.5 Å². The maximum atomic E-state index is 11.1. The predicted molar refractivity (Wildman–Crippen MR) is 49.0 cm³/mol. The number of amides is 1. The summed E-state index contributed by atoms with van der Waals surface area (Å²) in [6.45, 7) is 0. The molecule has 1 heterocycles. The molecule has 0 aliphatic rings. The fourth-order valence-corrected chi connectivity index (χ4v) is 1.19. The smallest absolute Gasteiger partial charge is 0.265 e. The number of hydrogen-bond donors (Lipinski definition) is 1. The Morgan fingerprint density at radius 3 is 2.62 bits per heavy atom. The van der Waals surface area contributed by atoms with Gasteiger partial charge in [-0.15, -0.1) is 11.6 Å². The molecule has 13 heavy (non-hydrogen) atoms. The molecule has 0 saturated heterocycles. The number of carbonyl (C=O) groups excluding carboxylic acids is 2. The minimum atomic E-state index is -0.559. The Hall–Kier alpha value is -1.29. The summed E-state index contributed by atoms with van der Waals surface area (Å²) in [7, 11) is 1.64. The van der Waals surface area contributed by atoms with Crippen molar-refractivity contribution in [1.29, 1.82) is 0 Å². The van der Waals surface area contributed by atoms with Gasteiger partial charge in [0, 0.05) is 18.8 Å². The second-order valence-corrected chi connectivity index (χ2v) is 2.91. The van der Waals surface area contributed by atoms with Crippen LogP contribution in [0.3, 0.4) is 0 Å². The molecule has 0 atom stereocenters. The molecule has 0 radical (unpaired) electrons. The molecule has 70 valence electrons. The molecule has 5 heteroatoms. The fourth-order valence-electron chi connectivity index (χ4n) is 1.04. The molecule has 1 aromatic heterocycles. The summed E-state index contributed by atoms with van der Waals surface area (Å²) in [5.41, 5.74) is 5.77. The molecule has 0 spiro atoms. The summed E-state index contributed by atoms with van der Waals surface area (Å²) >= 11 is 5.35. The lowest BCUT2D eigenvalue weighted by Crippen LogP contribution is -2.14. The summed E-state index contributed by atoms with van der Waals surface area (Å²) in [6.07, 6.45) is 1.53. The van der Waals surface area contributed by atoms with E-state index in [4.69, 9.17) is 17.3 Å². The van der Waals surface area contributed by atoms with Crippen molar-refractivity contribution in [1.82, 2.24) is 4.57 Å². The van der Waals surface area contributed by atoms with Crippen LogP contribution in [0.1, 0.15) is 20.8 Å². The second kappa shape index (κ2) is 3.62. The molecule has 0 bridgehead atoms. The van der Waals surface area contributed by atoms with Gasteiger partial charge in [-0.2, -0.15) is 0 Å². The monoisotopic (exact) mass is 200 g/mol. The first-order chi connectivity index (χ1) is 6.06. The van der Waals surface area contributed by atoms with Crippen LogP contribution in [0.5, 0.6) is 0 Å². The third kappa shape index (κ3) is 1.89. The number of hydrogen-bond acceptors (Lipinski definition) is 2. The van der Waals surface area contributed by atoms with Gasteiger partial charge in [0.1, 0.15) is 5.69 Å². The summed E-state index contributed by atoms with van der Waals surface area (Å²) in [6, 6.07) is 1.44. The molecule has 2 N–H and O–H groups in total. The van der Waals surface area contributed by atoms with Crippen molar-refractivity contribution in [3.63, 3.8) is 0 Å². The van der Waals surface area contributed by atoms with E-state index >= 15 is 0 Å². The SMILES string of the molecule is Cn1cc(C(=O)CCl)cc1C(N)=O. The van der Waals surface area contributed by atoms with Gasteiger partial charge < -0.3 is 10.3 Å². The number of halogens is 1. The molecular formula is C8H9ClN2O2. The Morgan fingerprint density at radius 1 is 1.62 bits per heavy atom. The lowest BCUT2D eigenvalue weighted by Gasteiger charge is -1.94. The number of rotatable bonds is 3. The molecule has 4 nitrogen and oxygen atoms in total. The molecule has 0 fully saturated rings. The zero-order valence-electron chi connectivity index (χ0n) is 7.08. The number of primary amides is 1. The molecule has 1 rings (SSSR count). The van der Waals surface area contributed by atoms with Crippen LogP contribution in [0.2, 0.25) is 0 Å². The Labute approximate surface area is 80.3 Å². The second-order valence-electron chi connectivity index (χ2n) is 2.65.